The molecule has 2 aromatic carbocycles. The lowest BCUT2D eigenvalue weighted by Gasteiger charge is -2.26. The lowest BCUT2D eigenvalue weighted by molar-refractivity contribution is -0.133. The van der Waals surface area contributed by atoms with Crippen LogP contribution in [0.15, 0.2) is 42.5 Å². The van der Waals surface area contributed by atoms with E-state index in [0.29, 0.717) is 5.56 Å². The van der Waals surface area contributed by atoms with Crippen molar-refractivity contribution in [1.82, 2.24) is 10.2 Å². The predicted molar refractivity (Wildman–Crippen MR) is 95.1 cm³/mol. The number of carbonyl (C=O) groups excluding carboxylic acids is 2. The third-order valence-electron chi connectivity index (χ3n) is 5.18. The Hall–Kier alpha value is -2.45. The molecule has 2 N–H and O–H groups in total. The monoisotopic (exact) mass is 374 g/mol. The summed E-state index contributed by atoms with van der Waals surface area (Å²) in [6, 6.07) is 11.2. The summed E-state index contributed by atoms with van der Waals surface area (Å²) in [5.74, 6) is -1.42. The minimum Gasteiger partial charge on any atom is -0.390 e. The van der Waals surface area contributed by atoms with E-state index in [-0.39, 0.29) is 0 Å². The highest BCUT2D eigenvalue weighted by Crippen LogP contribution is 2.36. The van der Waals surface area contributed by atoms with Crippen molar-refractivity contribution in [3.8, 4) is 0 Å². The molecule has 2 saturated heterocycles. The van der Waals surface area contributed by atoms with Gasteiger partial charge in [-0.3, -0.25) is 9.69 Å². The molecule has 7 nitrogen and oxygen atoms in total. The van der Waals surface area contributed by atoms with Crippen molar-refractivity contribution >= 4 is 32.5 Å². The Kier molecular flexibility index (Phi) is 3.61. The number of hydrogen-bond donors (Lipinski definition) is 2. The number of hydrogen-bond acceptors (Lipinski definition) is 5. The van der Waals surface area contributed by atoms with E-state index in [2.05, 4.69) is 5.32 Å². The van der Waals surface area contributed by atoms with Crippen LogP contribution in [0.3, 0.4) is 0 Å². The van der Waals surface area contributed by atoms with Crippen molar-refractivity contribution in [3.63, 3.8) is 0 Å². The van der Waals surface area contributed by atoms with E-state index in [1.165, 1.54) is 0 Å². The van der Waals surface area contributed by atoms with Crippen molar-refractivity contribution in [2.45, 2.75) is 24.6 Å². The number of imide groups is 1. The van der Waals surface area contributed by atoms with Gasteiger partial charge in [0.15, 0.2) is 9.84 Å². The zero-order valence-corrected chi connectivity index (χ0v) is 14.9. The van der Waals surface area contributed by atoms with Crippen LogP contribution >= 0.6 is 0 Å². The van der Waals surface area contributed by atoms with E-state index in [1.807, 2.05) is 30.3 Å². The van der Waals surface area contributed by atoms with E-state index >= 15 is 0 Å². The first-order valence-corrected chi connectivity index (χ1v) is 10.1. The second kappa shape index (κ2) is 5.52. The minimum atomic E-state index is -3.49. The van der Waals surface area contributed by atoms with Gasteiger partial charge >= 0.3 is 6.03 Å². The smallest absolute Gasteiger partial charge is 0.325 e. The minimum absolute atomic E-state index is 0.418. The third-order valence-corrected chi connectivity index (χ3v) is 6.87. The third kappa shape index (κ3) is 2.40. The molecule has 2 heterocycles. The molecule has 8 heteroatoms. The van der Waals surface area contributed by atoms with Crippen molar-refractivity contribution in [2.24, 2.45) is 0 Å². The molecule has 3 amide bonds. The Morgan fingerprint density at radius 3 is 2.50 bits per heavy atom. The lowest BCUT2D eigenvalue weighted by Crippen LogP contribution is -2.48. The largest absolute Gasteiger partial charge is 0.390 e. The van der Waals surface area contributed by atoms with Gasteiger partial charge in [-0.15, -0.1) is 0 Å². The Morgan fingerprint density at radius 2 is 1.81 bits per heavy atom. The average molecular weight is 374 g/mol. The topological polar surface area (TPSA) is 104 Å². The molecule has 0 unspecified atom stereocenters. The molecular formula is C18H18N2O5S. The highest BCUT2D eigenvalue weighted by molar-refractivity contribution is 7.91. The summed E-state index contributed by atoms with van der Waals surface area (Å²) in [5, 5.41) is 14.5. The summed E-state index contributed by atoms with van der Waals surface area (Å²) in [7, 11) is -3.49. The molecule has 26 heavy (non-hydrogen) atoms. The number of fused-ring (bicyclic) bond motifs is 1. The fraction of sp³-hybridized carbons (Fsp3) is 0.333. The van der Waals surface area contributed by atoms with Gasteiger partial charge < -0.3 is 10.4 Å². The molecule has 136 valence electrons. The average Bonchev–Trinajstić information content (AvgIpc) is 2.98. The number of nitrogens with zero attached hydrogens (tertiary/aromatic N) is 1. The van der Waals surface area contributed by atoms with Crippen molar-refractivity contribution in [3.05, 3.63) is 48.0 Å². The van der Waals surface area contributed by atoms with E-state index in [4.69, 9.17) is 0 Å². The van der Waals surface area contributed by atoms with E-state index in [9.17, 15) is 23.1 Å². The number of carbonyl (C=O) groups is 2. The SMILES string of the molecule is C[C@@]1(c2cccc3ccccc23)NC(=O)N([C@H]2CS(=O)(=O)C[C@@H]2O)C1=O. The second-order valence-electron chi connectivity index (χ2n) is 6.97. The highest BCUT2D eigenvalue weighted by atomic mass is 32.2. The molecule has 2 aliphatic heterocycles. The first kappa shape index (κ1) is 17.0. The molecule has 2 aromatic rings. The van der Waals surface area contributed by atoms with E-state index in [0.717, 1.165) is 15.7 Å². The van der Waals surface area contributed by atoms with Crippen LogP contribution < -0.4 is 5.32 Å². The van der Waals surface area contributed by atoms with E-state index < -0.39 is 51.0 Å². The number of amides is 3. The van der Waals surface area contributed by atoms with Crippen LogP contribution in [0.25, 0.3) is 10.8 Å². The number of rotatable bonds is 2. The summed E-state index contributed by atoms with van der Waals surface area (Å²) < 4.78 is 23.6. The standard InChI is InChI=1S/C18H18N2O5S/c1-18(13-8-4-6-11-5-2-3-7-12(11)13)16(22)20(17(23)19-18)14-9-26(24,25)10-15(14)21/h2-8,14-15,21H,9-10H2,1H3,(H,19,23)/t14-,15-,18-/m0/s1. The van der Waals surface area contributed by atoms with Crippen LogP contribution in [0.1, 0.15) is 12.5 Å². The van der Waals surface area contributed by atoms with Crippen molar-refractivity contribution in [2.75, 3.05) is 11.5 Å². The fourth-order valence-corrected chi connectivity index (χ4v) is 5.63. The normalized spacial score (nSPS) is 30.8. The van der Waals surface area contributed by atoms with Crippen LogP contribution in [0.2, 0.25) is 0 Å². The maximum atomic E-state index is 13.2. The van der Waals surface area contributed by atoms with Crippen LogP contribution in [0.5, 0.6) is 0 Å². The molecule has 0 aliphatic carbocycles. The molecular weight excluding hydrogens is 356 g/mol. The molecule has 2 aliphatic rings. The number of aliphatic hydroxyl groups is 1. The van der Waals surface area contributed by atoms with Crippen LogP contribution in [-0.4, -0.2) is 54.0 Å². The quantitative estimate of drug-likeness (QED) is 0.756. The number of sulfone groups is 1. The van der Waals surface area contributed by atoms with E-state index in [1.54, 1.807) is 19.1 Å². The Bertz CT molecular complexity index is 1030. The van der Waals surface area contributed by atoms with Crippen molar-refractivity contribution in [1.29, 1.82) is 0 Å². The highest BCUT2D eigenvalue weighted by Gasteiger charge is 2.55. The predicted octanol–water partition coefficient (Wildman–Crippen LogP) is 0.765. The van der Waals surface area contributed by atoms with Gasteiger partial charge in [0.25, 0.3) is 5.91 Å². The first-order valence-electron chi connectivity index (χ1n) is 8.25. The molecule has 0 spiro atoms. The van der Waals surface area contributed by atoms with Crippen molar-refractivity contribution < 1.29 is 23.1 Å². The van der Waals surface area contributed by atoms with Crippen LogP contribution in [0.4, 0.5) is 4.79 Å². The molecule has 0 aromatic heterocycles. The summed E-state index contributed by atoms with van der Waals surface area (Å²) in [6.45, 7) is 1.60. The Balaban J connectivity index is 1.79. The molecule has 4 rings (SSSR count). The van der Waals surface area contributed by atoms with Gasteiger partial charge in [-0.1, -0.05) is 42.5 Å². The Morgan fingerprint density at radius 1 is 1.12 bits per heavy atom. The molecule has 2 fully saturated rings. The van der Waals surface area contributed by atoms with Gasteiger partial charge in [-0.2, -0.15) is 0 Å². The summed E-state index contributed by atoms with van der Waals surface area (Å²) in [4.78, 5) is 26.6. The Labute approximate surface area is 150 Å². The number of aliphatic hydroxyl groups excluding tert-OH is 1. The summed E-state index contributed by atoms with van der Waals surface area (Å²) in [6.07, 6.45) is -1.27. The number of benzene rings is 2. The maximum Gasteiger partial charge on any atom is 0.325 e. The zero-order chi connectivity index (χ0) is 18.7. The molecule has 0 radical (unpaired) electrons. The molecule has 0 saturated carbocycles. The van der Waals surface area contributed by atoms with Crippen LogP contribution in [0, 0.1) is 0 Å². The fourth-order valence-electron chi connectivity index (χ4n) is 3.86. The molecule has 3 atom stereocenters. The van der Waals surface area contributed by atoms with Gasteiger partial charge in [0.1, 0.15) is 5.54 Å². The number of nitrogens with one attached hydrogen (secondary N) is 1. The lowest BCUT2D eigenvalue weighted by atomic mass is 9.87. The van der Waals surface area contributed by atoms with Gasteiger partial charge in [0.05, 0.1) is 23.7 Å². The van der Waals surface area contributed by atoms with Crippen LogP contribution in [-0.2, 0) is 20.2 Å². The van der Waals surface area contributed by atoms with Gasteiger partial charge in [-0.25, -0.2) is 13.2 Å². The van der Waals surface area contributed by atoms with Gasteiger partial charge in [-0.05, 0) is 23.3 Å². The first-order chi connectivity index (χ1) is 12.2. The summed E-state index contributed by atoms with van der Waals surface area (Å²) in [5.41, 5.74) is -0.698. The van der Waals surface area contributed by atoms with Gasteiger partial charge in [0.2, 0.25) is 0 Å². The second-order valence-corrected chi connectivity index (χ2v) is 9.12. The van der Waals surface area contributed by atoms with Gasteiger partial charge in [0, 0.05) is 0 Å². The summed E-state index contributed by atoms with van der Waals surface area (Å²) >= 11 is 0. The maximum absolute atomic E-state index is 13.2. The molecule has 0 bridgehead atoms. The number of urea groups is 1. The zero-order valence-electron chi connectivity index (χ0n) is 14.0.